The lowest BCUT2D eigenvalue weighted by molar-refractivity contribution is -0.142. The summed E-state index contributed by atoms with van der Waals surface area (Å²) in [5, 5.41) is 0. The van der Waals surface area contributed by atoms with Crippen molar-refractivity contribution < 1.29 is 14.3 Å². The van der Waals surface area contributed by atoms with Crippen LogP contribution in [0.1, 0.15) is 46.5 Å². The molecule has 100 valence electrons. The standard InChI is InChI=1S/C15H22O3/c1-9-4-7-13(16)10(2)5-6-12-11(3)15(17)18-14(12)8-9/h8,10-12,14H,4-7H2,1-3H3. The zero-order chi connectivity index (χ0) is 13.3. The van der Waals surface area contributed by atoms with E-state index in [2.05, 4.69) is 6.08 Å². The summed E-state index contributed by atoms with van der Waals surface area (Å²) in [5.41, 5.74) is 1.16. The van der Waals surface area contributed by atoms with Gasteiger partial charge in [-0.2, -0.15) is 0 Å². The van der Waals surface area contributed by atoms with Crippen LogP contribution in [0, 0.1) is 17.8 Å². The molecule has 2 aliphatic rings. The number of ether oxygens (including phenoxy) is 1. The molecule has 18 heavy (non-hydrogen) atoms. The van der Waals surface area contributed by atoms with Gasteiger partial charge in [-0.3, -0.25) is 9.59 Å². The maximum atomic E-state index is 11.9. The van der Waals surface area contributed by atoms with Crippen molar-refractivity contribution in [1.82, 2.24) is 0 Å². The third-order valence-corrected chi connectivity index (χ3v) is 4.39. The molecule has 1 aliphatic heterocycles. The number of fused-ring (bicyclic) bond motifs is 1. The molecule has 0 aromatic heterocycles. The van der Waals surface area contributed by atoms with Crippen molar-refractivity contribution in [3.8, 4) is 0 Å². The SMILES string of the molecule is CC1=CC2OC(=O)C(C)C2CCC(C)C(=O)CC1. The van der Waals surface area contributed by atoms with Crippen LogP contribution in [0.2, 0.25) is 0 Å². The summed E-state index contributed by atoms with van der Waals surface area (Å²) in [6, 6.07) is 0. The fraction of sp³-hybridized carbons (Fsp3) is 0.733. The second-order valence-electron chi connectivity index (χ2n) is 5.81. The minimum Gasteiger partial charge on any atom is -0.458 e. The Hall–Kier alpha value is -1.12. The van der Waals surface area contributed by atoms with E-state index in [0.717, 1.165) is 24.8 Å². The minimum atomic E-state index is -0.0905. The molecule has 1 fully saturated rings. The topological polar surface area (TPSA) is 43.4 Å². The first-order valence-corrected chi connectivity index (χ1v) is 6.89. The maximum absolute atomic E-state index is 11.9. The van der Waals surface area contributed by atoms with Gasteiger partial charge in [0.05, 0.1) is 5.92 Å². The van der Waals surface area contributed by atoms with Gasteiger partial charge in [0.15, 0.2) is 0 Å². The van der Waals surface area contributed by atoms with E-state index in [1.54, 1.807) is 0 Å². The number of carbonyl (C=O) groups is 2. The van der Waals surface area contributed by atoms with Gasteiger partial charge >= 0.3 is 5.97 Å². The van der Waals surface area contributed by atoms with Gasteiger partial charge in [-0.05, 0) is 32.3 Å². The molecule has 0 aromatic carbocycles. The van der Waals surface area contributed by atoms with E-state index in [9.17, 15) is 9.59 Å². The van der Waals surface area contributed by atoms with Gasteiger partial charge in [-0.15, -0.1) is 0 Å². The van der Waals surface area contributed by atoms with Crippen LogP contribution < -0.4 is 0 Å². The van der Waals surface area contributed by atoms with E-state index in [1.165, 1.54) is 0 Å². The number of hydrogen-bond donors (Lipinski definition) is 0. The van der Waals surface area contributed by atoms with E-state index in [1.807, 2.05) is 20.8 Å². The largest absolute Gasteiger partial charge is 0.458 e. The molecule has 0 radical (unpaired) electrons. The number of esters is 1. The number of hydrogen-bond acceptors (Lipinski definition) is 3. The molecule has 4 unspecified atom stereocenters. The summed E-state index contributed by atoms with van der Waals surface area (Å²) in [6.45, 7) is 5.96. The van der Waals surface area contributed by atoms with Gasteiger partial charge in [-0.25, -0.2) is 0 Å². The molecule has 0 saturated carbocycles. The average Bonchev–Trinajstić information content (AvgIpc) is 2.58. The molecule has 3 heteroatoms. The van der Waals surface area contributed by atoms with Crippen molar-refractivity contribution >= 4 is 11.8 Å². The van der Waals surface area contributed by atoms with Crippen LogP contribution in [0.3, 0.4) is 0 Å². The van der Waals surface area contributed by atoms with E-state index in [-0.39, 0.29) is 29.8 Å². The predicted octanol–water partition coefficient (Wildman–Crippen LogP) is 2.89. The summed E-state index contributed by atoms with van der Waals surface area (Å²) < 4.78 is 5.44. The summed E-state index contributed by atoms with van der Waals surface area (Å²) in [4.78, 5) is 23.6. The fourth-order valence-corrected chi connectivity index (χ4v) is 2.89. The van der Waals surface area contributed by atoms with Crippen LogP contribution in [0.4, 0.5) is 0 Å². The molecule has 3 nitrogen and oxygen atoms in total. The van der Waals surface area contributed by atoms with Crippen LogP contribution in [0.15, 0.2) is 11.6 Å². The molecule has 0 amide bonds. The Kier molecular flexibility index (Phi) is 3.88. The van der Waals surface area contributed by atoms with Crippen LogP contribution in [0.5, 0.6) is 0 Å². The number of rotatable bonds is 0. The molecule has 4 atom stereocenters. The summed E-state index contributed by atoms with van der Waals surface area (Å²) in [6.07, 6.45) is 5.15. The van der Waals surface area contributed by atoms with E-state index in [4.69, 9.17) is 4.74 Å². The Morgan fingerprint density at radius 2 is 1.89 bits per heavy atom. The van der Waals surface area contributed by atoms with Crippen LogP contribution in [-0.4, -0.2) is 17.9 Å². The summed E-state index contributed by atoms with van der Waals surface area (Å²) in [7, 11) is 0. The first-order valence-electron chi connectivity index (χ1n) is 6.89. The van der Waals surface area contributed by atoms with E-state index in [0.29, 0.717) is 12.2 Å². The molecule has 0 bridgehead atoms. The lowest BCUT2D eigenvalue weighted by Crippen LogP contribution is -2.22. The molecule has 1 heterocycles. The van der Waals surface area contributed by atoms with Gasteiger partial charge in [0, 0.05) is 18.3 Å². The third kappa shape index (κ3) is 2.65. The number of ketones is 1. The van der Waals surface area contributed by atoms with Crippen molar-refractivity contribution in [2.75, 3.05) is 0 Å². The highest BCUT2D eigenvalue weighted by atomic mass is 16.6. The Balaban J connectivity index is 2.21. The first kappa shape index (κ1) is 13.3. The highest BCUT2D eigenvalue weighted by Crippen LogP contribution is 2.35. The Morgan fingerprint density at radius 3 is 2.61 bits per heavy atom. The van der Waals surface area contributed by atoms with Crippen molar-refractivity contribution in [1.29, 1.82) is 0 Å². The van der Waals surface area contributed by atoms with Gasteiger partial charge in [0.25, 0.3) is 0 Å². The second kappa shape index (κ2) is 5.25. The minimum absolute atomic E-state index is 0.0409. The van der Waals surface area contributed by atoms with Gasteiger partial charge in [0.1, 0.15) is 11.9 Å². The smallest absolute Gasteiger partial charge is 0.309 e. The van der Waals surface area contributed by atoms with Crippen molar-refractivity contribution in [3.63, 3.8) is 0 Å². The zero-order valence-electron chi connectivity index (χ0n) is 11.4. The number of allylic oxidation sites excluding steroid dienone is 1. The van der Waals surface area contributed by atoms with E-state index >= 15 is 0 Å². The monoisotopic (exact) mass is 250 g/mol. The lowest BCUT2D eigenvalue weighted by atomic mass is 9.82. The number of Topliss-reactive ketones (excluding diaryl/α,β-unsaturated/α-hetero) is 1. The molecule has 0 N–H and O–H groups in total. The highest BCUT2D eigenvalue weighted by Gasteiger charge is 2.40. The van der Waals surface area contributed by atoms with Crippen molar-refractivity contribution in [2.45, 2.75) is 52.6 Å². The summed E-state index contributed by atoms with van der Waals surface area (Å²) in [5.74, 6) is 0.562. The Morgan fingerprint density at radius 1 is 1.17 bits per heavy atom. The van der Waals surface area contributed by atoms with Gasteiger partial charge < -0.3 is 4.74 Å². The van der Waals surface area contributed by atoms with Gasteiger partial charge in [-0.1, -0.05) is 19.4 Å². The fourth-order valence-electron chi connectivity index (χ4n) is 2.89. The Bertz CT molecular complexity index is 383. The zero-order valence-corrected chi connectivity index (χ0v) is 11.4. The average molecular weight is 250 g/mol. The van der Waals surface area contributed by atoms with Crippen molar-refractivity contribution in [2.24, 2.45) is 17.8 Å². The lowest BCUT2D eigenvalue weighted by Gasteiger charge is -2.21. The maximum Gasteiger partial charge on any atom is 0.309 e. The molecule has 0 spiro atoms. The normalized spacial score (nSPS) is 37.8. The van der Waals surface area contributed by atoms with Crippen molar-refractivity contribution in [3.05, 3.63) is 11.6 Å². The Labute approximate surface area is 109 Å². The van der Waals surface area contributed by atoms with Gasteiger partial charge in [0.2, 0.25) is 0 Å². The number of carbonyl (C=O) groups excluding carboxylic acids is 2. The quantitative estimate of drug-likeness (QED) is 0.490. The highest BCUT2D eigenvalue weighted by molar-refractivity contribution is 5.81. The molecule has 2 rings (SSSR count). The van der Waals surface area contributed by atoms with Crippen LogP contribution in [-0.2, 0) is 14.3 Å². The molecular formula is C15H22O3. The first-order chi connectivity index (χ1) is 8.49. The van der Waals surface area contributed by atoms with E-state index < -0.39 is 0 Å². The summed E-state index contributed by atoms with van der Waals surface area (Å²) >= 11 is 0. The second-order valence-corrected chi connectivity index (χ2v) is 5.81. The predicted molar refractivity (Wildman–Crippen MR) is 68.9 cm³/mol. The molecule has 0 aromatic rings. The third-order valence-electron chi connectivity index (χ3n) is 4.39. The van der Waals surface area contributed by atoms with Crippen LogP contribution >= 0.6 is 0 Å². The molecule has 1 saturated heterocycles. The van der Waals surface area contributed by atoms with Crippen LogP contribution in [0.25, 0.3) is 0 Å². The molecule has 1 aliphatic carbocycles. The molecular weight excluding hydrogens is 228 g/mol.